The highest BCUT2D eigenvalue weighted by molar-refractivity contribution is 9.10. The molecule has 1 heterocycles. The Morgan fingerprint density at radius 3 is 2.81 bits per heavy atom. The molecule has 0 spiro atoms. The zero-order valence-corrected chi connectivity index (χ0v) is 15.0. The summed E-state index contributed by atoms with van der Waals surface area (Å²) >= 11 is 5.35. The van der Waals surface area contributed by atoms with E-state index in [1.54, 1.807) is 18.4 Å². The summed E-state index contributed by atoms with van der Waals surface area (Å²) in [5, 5.41) is 8.04. The van der Waals surface area contributed by atoms with Crippen molar-refractivity contribution < 1.29 is 4.74 Å². The minimum Gasteiger partial charge on any atom is -0.496 e. The lowest BCUT2D eigenvalue weighted by atomic mass is 9.99. The van der Waals surface area contributed by atoms with Gasteiger partial charge in [-0.2, -0.15) is 11.3 Å². The Morgan fingerprint density at radius 1 is 1.33 bits per heavy atom. The fourth-order valence-corrected chi connectivity index (χ4v) is 3.61. The van der Waals surface area contributed by atoms with Crippen LogP contribution < -0.4 is 10.1 Å². The fraction of sp³-hybridized carbons (Fsp3) is 0.412. The molecule has 0 saturated carbocycles. The molecule has 0 fully saturated rings. The van der Waals surface area contributed by atoms with Crippen LogP contribution in [0.15, 0.2) is 39.5 Å². The van der Waals surface area contributed by atoms with E-state index < -0.39 is 0 Å². The van der Waals surface area contributed by atoms with Crippen LogP contribution in [0.2, 0.25) is 0 Å². The number of aryl methyl sites for hydroxylation is 1. The second-order valence-corrected chi connectivity index (χ2v) is 6.71. The first-order chi connectivity index (χ1) is 10.2. The van der Waals surface area contributed by atoms with Crippen molar-refractivity contribution >= 4 is 27.3 Å². The molecule has 2 aromatic rings. The predicted molar refractivity (Wildman–Crippen MR) is 94.4 cm³/mol. The maximum atomic E-state index is 5.31. The zero-order valence-electron chi connectivity index (χ0n) is 12.6. The lowest BCUT2D eigenvalue weighted by molar-refractivity contribution is 0.411. The van der Waals surface area contributed by atoms with Crippen LogP contribution in [0.25, 0.3) is 0 Å². The Balaban J connectivity index is 2.08. The van der Waals surface area contributed by atoms with Crippen molar-refractivity contribution in [1.82, 2.24) is 5.32 Å². The highest BCUT2D eigenvalue weighted by Crippen LogP contribution is 2.29. The minimum atomic E-state index is 0.382. The second-order valence-electron chi connectivity index (χ2n) is 5.07. The molecule has 2 nitrogen and oxygen atoms in total. The quantitative estimate of drug-likeness (QED) is 0.692. The molecular formula is C17H22BrNOS. The van der Waals surface area contributed by atoms with E-state index >= 15 is 0 Å². The largest absolute Gasteiger partial charge is 0.496 e. The van der Waals surface area contributed by atoms with Gasteiger partial charge in [0, 0.05) is 6.04 Å². The topological polar surface area (TPSA) is 21.3 Å². The number of halogens is 1. The highest BCUT2D eigenvalue weighted by Gasteiger charge is 2.13. The van der Waals surface area contributed by atoms with Crippen molar-refractivity contribution in [3.63, 3.8) is 0 Å². The molecule has 2 rings (SSSR count). The number of hydrogen-bond acceptors (Lipinski definition) is 3. The van der Waals surface area contributed by atoms with Crippen LogP contribution in [-0.4, -0.2) is 13.7 Å². The standard InChI is InChI=1S/C17H22BrNOS/c1-3-9-19-16(6-4-13-8-10-21-12-13)14-5-7-17(20-2)15(18)11-14/h5,7-8,10-12,16,19H,3-4,6,9H2,1-2H3. The number of nitrogens with one attached hydrogen (secondary N) is 1. The van der Waals surface area contributed by atoms with Crippen molar-refractivity contribution in [2.24, 2.45) is 0 Å². The van der Waals surface area contributed by atoms with Gasteiger partial charge in [-0.3, -0.25) is 0 Å². The van der Waals surface area contributed by atoms with Crippen molar-refractivity contribution in [1.29, 1.82) is 0 Å². The van der Waals surface area contributed by atoms with E-state index in [0.717, 1.165) is 36.0 Å². The monoisotopic (exact) mass is 367 g/mol. The van der Waals surface area contributed by atoms with E-state index in [1.807, 2.05) is 6.07 Å². The minimum absolute atomic E-state index is 0.382. The summed E-state index contributed by atoms with van der Waals surface area (Å²) in [6.45, 7) is 3.24. The molecule has 1 atom stereocenters. The lowest BCUT2D eigenvalue weighted by Crippen LogP contribution is -2.22. The van der Waals surface area contributed by atoms with Gasteiger partial charge in [-0.1, -0.05) is 13.0 Å². The van der Waals surface area contributed by atoms with Gasteiger partial charge in [-0.05, 0) is 81.8 Å². The van der Waals surface area contributed by atoms with Crippen molar-refractivity contribution in [3.8, 4) is 5.75 Å². The van der Waals surface area contributed by atoms with Gasteiger partial charge in [0.15, 0.2) is 0 Å². The summed E-state index contributed by atoms with van der Waals surface area (Å²) in [7, 11) is 1.70. The molecule has 0 aliphatic rings. The van der Waals surface area contributed by atoms with Crippen LogP contribution in [0.5, 0.6) is 5.75 Å². The van der Waals surface area contributed by atoms with Gasteiger partial charge >= 0.3 is 0 Å². The summed E-state index contributed by atoms with van der Waals surface area (Å²) in [4.78, 5) is 0. The molecule has 0 radical (unpaired) electrons. The van der Waals surface area contributed by atoms with Gasteiger partial charge in [-0.25, -0.2) is 0 Å². The van der Waals surface area contributed by atoms with Crippen LogP contribution in [0.1, 0.15) is 36.9 Å². The maximum absolute atomic E-state index is 5.31. The van der Waals surface area contributed by atoms with Gasteiger partial charge in [-0.15, -0.1) is 0 Å². The number of rotatable bonds is 8. The van der Waals surface area contributed by atoms with E-state index in [-0.39, 0.29) is 0 Å². The SMILES string of the molecule is CCCNC(CCc1ccsc1)c1ccc(OC)c(Br)c1. The van der Waals surface area contributed by atoms with Gasteiger partial charge in [0.1, 0.15) is 5.75 Å². The van der Waals surface area contributed by atoms with Crippen LogP contribution in [0.3, 0.4) is 0 Å². The third kappa shape index (κ3) is 4.83. The summed E-state index contributed by atoms with van der Waals surface area (Å²) in [6.07, 6.45) is 3.36. The lowest BCUT2D eigenvalue weighted by Gasteiger charge is -2.20. The van der Waals surface area contributed by atoms with Crippen molar-refractivity contribution in [2.45, 2.75) is 32.2 Å². The number of thiophene rings is 1. The van der Waals surface area contributed by atoms with Crippen LogP contribution >= 0.6 is 27.3 Å². The van der Waals surface area contributed by atoms with E-state index in [2.05, 4.69) is 57.1 Å². The highest BCUT2D eigenvalue weighted by atomic mass is 79.9. The van der Waals surface area contributed by atoms with Crippen molar-refractivity contribution in [2.75, 3.05) is 13.7 Å². The molecule has 0 aliphatic heterocycles. The van der Waals surface area contributed by atoms with Gasteiger partial charge in [0.05, 0.1) is 11.6 Å². The Morgan fingerprint density at radius 2 is 2.19 bits per heavy atom. The smallest absolute Gasteiger partial charge is 0.133 e. The van der Waals surface area contributed by atoms with Crippen LogP contribution in [0.4, 0.5) is 0 Å². The molecule has 0 bridgehead atoms. The predicted octanol–water partition coefficient (Wildman–Crippen LogP) is 5.19. The van der Waals surface area contributed by atoms with Gasteiger partial charge in [0.25, 0.3) is 0 Å². The molecule has 1 aromatic heterocycles. The molecule has 1 unspecified atom stereocenters. The molecule has 0 amide bonds. The zero-order chi connectivity index (χ0) is 15.1. The van der Waals surface area contributed by atoms with E-state index in [4.69, 9.17) is 4.74 Å². The average Bonchev–Trinajstić information content (AvgIpc) is 3.00. The van der Waals surface area contributed by atoms with Crippen molar-refractivity contribution in [3.05, 3.63) is 50.6 Å². The first-order valence-corrected chi connectivity index (χ1v) is 9.06. The first kappa shape index (κ1) is 16.5. The third-order valence-electron chi connectivity index (χ3n) is 3.52. The second kappa shape index (κ2) is 8.57. The van der Waals surface area contributed by atoms with Gasteiger partial charge in [0.2, 0.25) is 0 Å². The number of benzene rings is 1. The molecule has 0 saturated heterocycles. The fourth-order valence-electron chi connectivity index (χ4n) is 2.35. The molecule has 21 heavy (non-hydrogen) atoms. The molecule has 0 aliphatic carbocycles. The molecular weight excluding hydrogens is 346 g/mol. The van der Waals surface area contributed by atoms with Crippen LogP contribution in [-0.2, 0) is 6.42 Å². The Kier molecular flexibility index (Phi) is 6.74. The molecule has 1 aromatic carbocycles. The number of hydrogen-bond donors (Lipinski definition) is 1. The molecule has 114 valence electrons. The van der Waals surface area contributed by atoms with Crippen LogP contribution in [0, 0.1) is 0 Å². The van der Waals surface area contributed by atoms with E-state index in [0.29, 0.717) is 6.04 Å². The molecule has 1 N–H and O–H groups in total. The van der Waals surface area contributed by atoms with Gasteiger partial charge < -0.3 is 10.1 Å². The number of ether oxygens (including phenoxy) is 1. The Bertz CT molecular complexity index is 542. The normalized spacial score (nSPS) is 12.3. The summed E-state index contributed by atoms with van der Waals surface area (Å²) in [6, 6.07) is 8.95. The summed E-state index contributed by atoms with van der Waals surface area (Å²) in [5.74, 6) is 0.880. The van der Waals surface area contributed by atoms with E-state index in [1.165, 1.54) is 11.1 Å². The maximum Gasteiger partial charge on any atom is 0.133 e. The third-order valence-corrected chi connectivity index (χ3v) is 4.87. The summed E-state index contributed by atoms with van der Waals surface area (Å²) in [5.41, 5.74) is 2.74. The Labute approximate surface area is 139 Å². The first-order valence-electron chi connectivity index (χ1n) is 7.32. The van der Waals surface area contributed by atoms with E-state index in [9.17, 15) is 0 Å². The summed E-state index contributed by atoms with van der Waals surface area (Å²) < 4.78 is 6.33. The average molecular weight is 368 g/mol. The Hall–Kier alpha value is -0.840. The number of methoxy groups -OCH3 is 1. The molecule has 4 heteroatoms.